The Hall–Kier alpha value is -1.21. The summed E-state index contributed by atoms with van der Waals surface area (Å²) >= 11 is 0. The summed E-state index contributed by atoms with van der Waals surface area (Å²) in [5.41, 5.74) is -4.32. The van der Waals surface area contributed by atoms with E-state index in [1.807, 2.05) is 0 Å². The molecule has 1 atom stereocenters. The zero-order valence-electron chi connectivity index (χ0n) is 13.6. The third-order valence-corrected chi connectivity index (χ3v) is 3.79. The summed E-state index contributed by atoms with van der Waals surface area (Å²) < 4.78 is 83.6. The van der Waals surface area contributed by atoms with Gasteiger partial charge in [0.15, 0.2) is 5.41 Å². The highest BCUT2D eigenvalue weighted by molar-refractivity contribution is 5.87. The molecule has 0 rings (SSSR count). The number of esters is 1. The summed E-state index contributed by atoms with van der Waals surface area (Å²) in [6, 6.07) is 0. The molecule has 8 heteroatoms. The van der Waals surface area contributed by atoms with Gasteiger partial charge in [-0.3, -0.25) is 0 Å². The van der Waals surface area contributed by atoms with Crippen molar-refractivity contribution in [3.8, 4) is 0 Å². The largest absolute Gasteiger partial charge is 0.458 e. The van der Waals surface area contributed by atoms with Crippen LogP contribution in [0.15, 0.2) is 12.2 Å². The first kappa shape index (κ1) is 21.8. The molecular formula is C15H22F6O2. The van der Waals surface area contributed by atoms with Crippen LogP contribution in [-0.2, 0) is 9.53 Å². The molecule has 23 heavy (non-hydrogen) atoms. The van der Waals surface area contributed by atoms with Crippen LogP contribution in [0, 0.1) is 11.3 Å². The van der Waals surface area contributed by atoms with Gasteiger partial charge >= 0.3 is 18.3 Å². The summed E-state index contributed by atoms with van der Waals surface area (Å²) in [6.07, 6.45) is -14.0. The molecule has 0 aliphatic heterocycles. The Morgan fingerprint density at radius 2 is 1.48 bits per heavy atom. The minimum absolute atomic E-state index is 0.0278. The van der Waals surface area contributed by atoms with Crippen LogP contribution in [0.25, 0.3) is 0 Å². The van der Waals surface area contributed by atoms with Gasteiger partial charge in [0.05, 0.1) is 0 Å². The van der Waals surface area contributed by atoms with E-state index in [1.165, 1.54) is 6.92 Å². The van der Waals surface area contributed by atoms with Crippen LogP contribution in [0.2, 0.25) is 0 Å². The van der Waals surface area contributed by atoms with E-state index < -0.39 is 36.3 Å². The van der Waals surface area contributed by atoms with Crippen LogP contribution in [-0.4, -0.2) is 24.4 Å². The Morgan fingerprint density at radius 1 is 1.04 bits per heavy atom. The molecule has 0 fully saturated rings. The van der Waals surface area contributed by atoms with Crippen molar-refractivity contribution in [3.63, 3.8) is 0 Å². The van der Waals surface area contributed by atoms with E-state index >= 15 is 0 Å². The van der Waals surface area contributed by atoms with Crippen LogP contribution in [0.1, 0.15) is 47.0 Å². The van der Waals surface area contributed by atoms with Gasteiger partial charge in [0.25, 0.3) is 0 Å². The maximum atomic E-state index is 13.2. The molecule has 2 nitrogen and oxygen atoms in total. The standard InChI is InChI=1S/C15H22F6O2/c1-6-10(4)12(22)23-11(8-7-9(2)3)13(5,14(16,17)18)15(19,20)21/h9,11H,4,6-8H2,1-3,5H3. The number of hydrogen-bond donors (Lipinski definition) is 0. The molecule has 0 spiro atoms. The highest BCUT2D eigenvalue weighted by atomic mass is 19.4. The number of rotatable bonds is 7. The molecule has 0 saturated heterocycles. The van der Waals surface area contributed by atoms with Crippen molar-refractivity contribution in [3.05, 3.63) is 12.2 Å². The molecular weight excluding hydrogens is 326 g/mol. The van der Waals surface area contributed by atoms with Crippen LogP contribution in [0.3, 0.4) is 0 Å². The maximum absolute atomic E-state index is 13.2. The molecule has 0 aliphatic carbocycles. The molecule has 136 valence electrons. The minimum Gasteiger partial charge on any atom is -0.458 e. The van der Waals surface area contributed by atoms with E-state index in [2.05, 4.69) is 11.3 Å². The lowest BCUT2D eigenvalue weighted by Crippen LogP contribution is -2.56. The Balaban J connectivity index is 5.77. The number of halogens is 6. The van der Waals surface area contributed by atoms with E-state index in [-0.39, 0.29) is 31.3 Å². The van der Waals surface area contributed by atoms with Gasteiger partial charge in [-0.2, -0.15) is 26.3 Å². The third kappa shape index (κ3) is 5.14. The van der Waals surface area contributed by atoms with Crippen molar-refractivity contribution in [2.24, 2.45) is 11.3 Å². The van der Waals surface area contributed by atoms with Crippen LogP contribution in [0.4, 0.5) is 26.3 Å². The molecule has 0 N–H and O–H groups in total. The highest BCUT2D eigenvalue weighted by Crippen LogP contribution is 2.54. The molecule has 0 amide bonds. The summed E-state index contributed by atoms with van der Waals surface area (Å²) in [6.45, 7) is 8.13. The molecule has 0 bridgehead atoms. The molecule has 0 aromatic rings. The van der Waals surface area contributed by atoms with E-state index in [0.29, 0.717) is 0 Å². The summed E-state index contributed by atoms with van der Waals surface area (Å²) in [7, 11) is 0. The molecule has 0 aromatic heterocycles. The monoisotopic (exact) mass is 348 g/mol. The van der Waals surface area contributed by atoms with Crippen molar-refractivity contribution >= 4 is 5.97 Å². The van der Waals surface area contributed by atoms with Crippen molar-refractivity contribution < 1.29 is 35.9 Å². The average Bonchev–Trinajstić information content (AvgIpc) is 2.38. The average molecular weight is 348 g/mol. The van der Waals surface area contributed by atoms with E-state index in [1.54, 1.807) is 13.8 Å². The molecule has 0 radical (unpaired) electrons. The smallest absolute Gasteiger partial charge is 0.406 e. The first-order chi connectivity index (χ1) is 10.2. The summed E-state index contributed by atoms with van der Waals surface area (Å²) in [4.78, 5) is 11.7. The number of carbonyl (C=O) groups is 1. The molecule has 0 saturated carbocycles. The number of ether oxygens (including phenoxy) is 1. The summed E-state index contributed by atoms with van der Waals surface area (Å²) in [5, 5.41) is 0. The first-order valence-electron chi connectivity index (χ1n) is 7.20. The topological polar surface area (TPSA) is 26.3 Å². The maximum Gasteiger partial charge on any atom is 0.406 e. The second-order valence-corrected chi connectivity index (χ2v) is 6.02. The zero-order chi connectivity index (χ0) is 18.6. The van der Waals surface area contributed by atoms with Gasteiger partial charge in [0.2, 0.25) is 0 Å². The van der Waals surface area contributed by atoms with Crippen molar-refractivity contribution in [2.45, 2.75) is 65.4 Å². The normalized spacial score (nSPS) is 14.7. The van der Waals surface area contributed by atoms with E-state index in [4.69, 9.17) is 0 Å². The SMILES string of the molecule is C=C(CC)C(=O)OC(CCC(C)C)C(C)(C(F)(F)F)C(F)(F)F. The van der Waals surface area contributed by atoms with Crippen molar-refractivity contribution in [1.29, 1.82) is 0 Å². The quantitative estimate of drug-likeness (QED) is 0.348. The van der Waals surface area contributed by atoms with E-state index in [0.717, 1.165) is 0 Å². The first-order valence-corrected chi connectivity index (χ1v) is 7.20. The lowest BCUT2D eigenvalue weighted by Gasteiger charge is -2.40. The third-order valence-electron chi connectivity index (χ3n) is 3.79. The van der Waals surface area contributed by atoms with Gasteiger partial charge < -0.3 is 4.74 Å². The fourth-order valence-corrected chi connectivity index (χ4v) is 1.83. The molecule has 0 heterocycles. The highest BCUT2D eigenvalue weighted by Gasteiger charge is 2.72. The van der Waals surface area contributed by atoms with E-state index in [9.17, 15) is 31.1 Å². The Bertz CT molecular complexity index is 409. The van der Waals surface area contributed by atoms with Gasteiger partial charge in [0.1, 0.15) is 6.10 Å². The Labute approximate surface area is 131 Å². The lowest BCUT2D eigenvalue weighted by molar-refractivity contribution is -0.359. The molecule has 1 unspecified atom stereocenters. The van der Waals surface area contributed by atoms with Crippen LogP contribution >= 0.6 is 0 Å². The fourth-order valence-electron chi connectivity index (χ4n) is 1.83. The number of hydrogen-bond acceptors (Lipinski definition) is 2. The van der Waals surface area contributed by atoms with Gasteiger partial charge in [-0.25, -0.2) is 4.79 Å². The van der Waals surface area contributed by atoms with Gasteiger partial charge in [0, 0.05) is 5.57 Å². The number of carbonyl (C=O) groups excluding carboxylic acids is 1. The second kappa shape index (κ2) is 7.57. The second-order valence-electron chi connectivity index (χ2n) is 6.02. The Morgan fingerprint density at radius 3 is 1.78 bits per heavy atom. The zero-order valence-corrected chi connectivity index (χ0v) is 13.6. The molecule has 0 aliphatic rings. The van der Waals surface area contributed by atoms with Crippen LogP contribution in [0.5, 0.6) is 0 Å². The lowest BCUT2D eigenvalue weighted by atomic mass is 9.79. The predicted molar refractivity (Wildman–Crippen MR) is 73.6 cm³/mol. The summed E-state index contributed by atoms with van der Waals surface area (Å²) in [5.74, 6) is -1.38. The van der Waals surface area contributed by atoms with Crippen LogP contribution < -0.4 is 0 Å². The fraction of sp³-hybridized carbons (Fsp3) is 0.800. The van der Waals surface area contributed by atoms with Gasteiger partial charge in [-0.15, -0.1) is 0 Å². The number of alkyl halides is 6. The van der Waals surface area contributed by atoms with Crippen molar-refractivity contribution in [1.82, 2.24) is 0 Å². The van der Waals surface area contributed by atoms with Gasteiger partial charge in [-0.05, 0) is 32.1 Å². The Kier molecular flexibility index (Phi) is 7.17. The minimum atomic E-state index is -5.61. The molecule has 0 aromatic carbocycles. The predicted octanol–water partition coefficient (Wildman–Crippen LogP) is 5.43. The van der Waals surface area contributed by atoms with Gasteiger partial charge in [-0.1, -0.05) is 27.4 Å². The van der Waals surface area contributed by atoms with Crippen molar-refractivity contribution in [2.75, 3.05) is 0 Å².